The second kappa shape index (κ2) is 7.94. The average Bonchev–Trinajstić information content (AvgIpc) is 3.16. The zero-order valence-corrected chi connectivity index (χ0v) is 18.6. The number of rotatable bonds is 4. The molecular formula is C23H22BrN5O2. The molecule has 2 aromatic carbocycles. The van der Waals surface area contributed by atoms with E-state index in [0.29, 0.717) is 26.2 Å². The molecule has 4 aromatic rings. The number of aromatic amines is 1. The highest BCUT2D eigenvalue weighted by Crippen LogP contribution is 2.31. The molecule has 0 saturated carbocycles. The van der Waals surface area contributed by atoms with Crippen LogP contribution in [0.15, 0.2) is 53.1 Å². The topological polar surface area (TPSA) is 85.3 Å². The van der Waals surface area contributed by atoms with Gasteiger partial charge in [-0.1, -0.05) is 34.1 Å². The van der Waals surface area contributed by atoms with Crippen molar-refractivity contribution in [2.45, 2.75) is 13.0 Å². The van der Waals surface area contributed by atoms with Crippen molar-refractivity contribution in [3.8, 4) is 0 Å². The Balaban J connectivity index is 1.39. The highest BCUT2D eigenvalue weighted by Gasteiger charge is 2.32. The molecule has 2 aromatic heterocycles. The van der Waals surface area contributed by atoms with Crippen LogP contribution in [0.5, 0.6) is 0 Å². The zero-order chi connectivity index (χ0) is 21.5. The second-order valence-corrected chi connectivity index (χ2v) is 8.73. The number of H-pyrrole nitrogens is 1. The van der Waals surface area contributed by atoms with Crippen molar-refractivity contribution < 1.29 is 9.90 Å². The summed E-state index contributed by atoms with van der Waals surface area (Å²) in [6.07, 6.45) is 1.82. The number of carboxylic acid groups (broad SMARTS) is 1. The number of carboxylic acids is 1. The van der Waals surface area contributed by atoms with E-state index in [1.807, 2.05) is 60.5 Å². The Morgan fingerprint density at radius 1 is 1.10 bits per heavy atom. The molecule has 0 unspecified atom stereocenters. The number of nitrogens with one attached hydrogen (secondary N) is 1. The van der Waals surface area contributed by atoms with Crippen LogP contribution in [0.2, 0.25) is 0 Å². The molecule has 1 aliphatic rings. The van der Waals surface area contributed by atoms with Gasteiger partial charge in [-0.2, -0.15) is 0 Å². The molecule has 1 saturated heterocycles. The number of hydrogen-bond donors (Lipinski definition) is 2. The average molecular weight is 480 g/mol. The number of piperazine rings is 1. The molecule has 1 aliphatic heterocycles. The first-order valence-electron chi connectivity index (χ1n) is 10.2. The van der Waals surface area contributed by atoms with Gasteiger partial charge in [-0.15, -0.1) is 0 Å². The maximum atomic E-state index is 12.3. The molecule has 0 amide bonds. The van der Waals surface area contributed by atoms with E-state index in [1.54, 1.807) is 0 Å². The number of fused-ring (bicyclic) bond motifs is 2. The third-order valence-electron chi connectivity index (χ3n) is 5.90. The van der Waals surface area contributed by atoms with E-state index in [0.717, 1.165) is 43.5 Å². The van der Waals surface area contributed by atoms with E-state index in [9.17, 15) is 9.90 Å². The zero-order valence-electron chi connectivity index (χ0n) is 17.0. The monoisotopic (exact) mass is 479 g/mol. The van der Waals surface area contributed by atoms with Crippen LogP contribution < -0.4 is 4.90 Å². The molecule has 0 aliphatic carbocycles. The summed E-state index contributed by atoms with van der Waals surface area (Å²) in [5, 5.41) is 11.0. The van der Waals surface area contributed by atoms with E-state index in [2.05, 4.69) is 25.8 Å². The number of hydrogen-bond acceptors (Lipinski definition) is 5. The van der Waals surface area contributed by atoms with Crippen molar-refractivity contribution in [2.75, 3.05) is 31.1 Å². The lowest BCUT2D eigenvalue weighted by Crippen LogP contribution is -2.49. The van der Waals surface area contributed by atoms with Gasteiger partial charge in [0.25, 0.3) is 0 Å². The van der Waals surface area contributed by atoms with Gasteiger partial charge in [0.2, 0.25) is 0 Å². The van der Waals surface area contributed by atoms with Gasteiger partial charge in [-0.05, 0) is 31.2 Å². The van der Waals surface area contributed by atoms with Gasteiger partial charge < -0.3 is 15.0 Å². The number of aryl methyl sites for hydroxylation is 1. The number of nitrogens with zero attached hydrogens (tertiary/aromatic N) is 4. The van der Waals surface area contributed by atoms with Crippen LogP contribution in [0.3, 0.4) is 0 Å². The van der Waals surface area contributed by atoms with Gasteiger partial charge in [0.05, 0.1) is 16.7 Å². The lowest BCUT2D eigenvalue weighted by molar-refractivity contribution is -0.143. The quantitative estimate of drug-likeness (QED) is 0.457. The molecule has 2 N–H and O–H groups in total. The lowest BCUT2D eigenvalue weighted by atomic mass is 10.0. The number of halogens is 1. The van der Waals surface area contributed by atoms with Crippen molar-refractivity contribution in [3.05, 3.63) is 64.4 Å². The van der Waals surface area contributed by atoms with E-state index >= 15 is 0 Å². The molecule has 0 radical (unpaired) electrons. The molecule has 0 bridgehead atoms. The van der Waals surface area contributed by atoms with E-state index in [1.165, 1.54) is 0 Å². The number of benzene rings is 2. The van der Waals surface area contributed by atoms with Gasteiger partial charge in [-0.3, -0.25) is 9.69 Å². The molecule has 0 spiro atoms. The van der Waals surface area contributed by atoms with Crippen LogP contribution in [0.1, 0.15) is 17.3 Å². The Kier molecular flexibility index (Phi) is 5.11. The maximum Gasteiger partial charge on any atom is 0.325 e. The first-order chi connectivity index (χ1) is 15.0. The summed E-state index contributed by atoms with van der Waals surface area (Å²) in [7, 11) is 0. The van der Waals surface area contributed by atoms with Crippen LogP contribution in [0, 0.1) is 6.92 Å². The third kappa shape index (κ3) is 3.66. The molecule has 5 rings (SSSR count). The summed E-state index contributed by atoms with van der Waals surface area (Å²) < 4.78 is 0.959. The van der Waals surface area contributed by atoms with E-state index < -0.39 is 12.0 Å². The molecule has 1 atom stereocenters. The van der Waals surface area contributed by atoms with Crippen LogP contribution in [-0.2, 0) is 4.79 Å². The Bertz CT molecular complexity index is 1280. The standard InChI is InChI=1S/C23H22BrN5O2/c1-14-22(27-19-5-3-2-4-18(19)26-14)29-10-8-28(9-11-29)21(23(30)31)17-13-25-20-12-15(24)6-7-16(17)20/h2-7,12-13,21,25H,8-11H2,1H3,(H,30,31)/t21-/m0/s1. The van der Waals surface area contributed by atoms with Crippen molar-refractivity contribution in [2.24, 2.45) is 0 Å². The van der Waals surface area contributed by atoms with Crippen molar-refractivity contribution in [1.82, 2.24) is 19.9 Å². The SMILES string of the molecule is Cc1nc2ccccc2nc1N1CCN([C@H](C(=O)O)c2c[nH]c3cc(Br)ccc23)CC1. The number of anilines is 1. The third-order valence-corrected chi connectivity index (χ3v) is 6.40. The fraction of sp³-hybridized carbons (Fsp3) is 0.261. The predicted molar refractivity (Wildman–Crippen MR) is 124 cm³/mol. The summed E-state index contributed by atoms with van der Waals surface area (Å²) in [5.41, 5.74) is 4.38. The minimum absolute atomic E-state index is 0.633. The highest BCUT2D eigenvalue weighted by molar-refractivity contribution is 9.10. The maximum absolute atomic E-state index is 12.3. The Labute approximate surface area is 187 Å². The van der Waals surface area contributed by atoms with E-state index in [-0.39, 0.29) is 0 Å². The summed E-state index contributed by atoms with van der Waals surface area (Å²) in [6.45, 7) is 4.64. The largest absolute Gasteiger partial charge is 0.480 e. The smallest absolute Gasteiger partial charge is 0.325 e. The predicted octanol–water partition coefficient (Wildman–Crippen LogP) is 4.13. The Morgan fingerprint density at radius 3 is 2.52 bits per heavy atom. The number of para-hydroxylation sites is 2. The Hall–Kier alpha value is -2.97. The number of carbonyl (C=O) groups is 1. The van der Waals surface area contributed by atoms with Crippen molar-refractivity contribution in [3.63, 3.8) is 0 Å². The first kappa shape index (κ1) is 20.0. The van der Waals surface area contributed by atoms with Gasteiger partial charge in [-0.25, -0.2) is 9.97 Å². The second-order valence-electron chi connectivity index (χ2n) is 7.82. The van der Waals surface area contributed by atoms with Crippen LogP contribution in [0.4, 0.5) is 5.82 Å². The van der Waals surface area contributed by atoms with Gasteiger partial charge in [0.15, 0.2) is 5.82 Å². The summed E-state index contributed by atoms with van der Waals surface area (Å²) in [6, 6.07) is 13.0. The van der Waals surface area contributed by atoms with Gasteiger partial charge >= 0.3 is 5.97 Å². The summed E-state index contributed by atoms with van der Waals surface area (Å²) >= 11 is 3.47. The minimum Gasteiger partial charge on any atom is -0.480 e. The van der Waals surface area contributed by atoms with Crippen molar-refractivity contribution in [1.29, 1.82) is 0 Å². The van der Waals surface area contributed by atoms with E-state index in [4.69, 9.17) is 9.97 Å². The first-order valence-corrected chi connectivity index (χ1v) is 11.0. The normalized spacial score (nSPS) is 16.1. The van der Waals surface area contributed by atoms with Gasteiger partial charge in [0, 0.05) is 53.3 Å². The highest BCUT2D eigenvalue weighted by atomic mass is 79.9. The number of aliphatic carboxylic acids is 1. The molecule has 1 fully saturated rings. The molecule has 8 heteroatoms. The Morgan fingerprint density at radius 2 is 1.81 bits per heavy atom. The number of aromatic nitrogens is 3. The fourth-order valence-corrected chi connectivity index (χ4v) is 4.76. The molecule has 7 nitrogen and oxygen atoms in total. The van der Waals surface area contributed by atoms with Crippen molar-refractivity contribution >= 4 is 49.7 Å². The molecule has 31 heavy (non-hydrogen) atoms. The van der Waals surface area contributed by atoms with Gasteiger partial charge in [0.1, 0.15) is 6.04 Å². The lowest BCUT2D eigenvalue weighted by Gasteiger charge is -2.38. The summed E-state index contributed by atoms with van der Waals surface area (Å²) in [4.78, 5) is 29.2. The van der Waals surface area contributed by atoms with Crippen LogP contribution in [-0.4, -0.2) is 57.1 Å². The molecule has 158 valence electrons. The molecule has 3 heterocycles. The fourth-order valence-electron chi connectivity index (χ4n) is 4.40. The summed E-state index contributed by atoms with van der Waals surface area (Å²) in [5.74, 6) is 0.0427. The van der Waals surface area contributed by atoms with Crippen LogP contribution in [0.25, 0.3) is 21.9 Å². The minimum atomic E-state index is -0.834. The van der Waals surface area contributed by atoms with Crippen LogP contribution >= 0.6 is 15.9 Å². The molecular weight excluding hydrogens is 458 g/mol.